The SMILES string of the molecule is CCN=C(CC(=O)OCC)NCC.Cl. The third-order valence-corrected chi connectivity index (χ3v) is 1.35. The van der Waals surface area contributed by atoms with Crippen molar-refractivity contribution in [3.05, 3.63) is 0 Å². The smallest absolute Gasteiger partial charge is 0.313 e. The second-order valence-electron chi connectivity index (χ2n) is 2.43. The van der Waals surface area contributed by atoms with E-state index in [1.54, 1.807) is 6.92 Å². The maximum atomic E-state index is 11.1. The molecule has 84 valence electrons. The number of aliphatic imine (C=N–C) groups is 1. The van der Waals surface area contributed by atoms with E-state index in [2.05, 4.69) is 10.3 Å². The highest BCUT2D eigenvalue weighted by Gasteiger charge is 2.06. The maximum absolute atomic E-state index is 11.1. The van der Waals surface area contributed by atoms with Crippen LogP contribution in [0.1, 0.15) is 27.2 Å². The number of carbonyl (C=O) groups is 1. The van der Waals surface area contributed by atoms with E-state index in [1.807, 2.05) is 13.8 Å². The summed E-state index contributed by atoms with van der Waals surface area (Å²) in [6, 6.07) is 0. The Labute approximate surface area is 91.5 Å². The van der Waals surface area contributed by atoms with Crippen molar-refractivity contribution < 1.29 is 9.53 Å². The Morgan fingerprint density at radius 3 is 2.43 bits per heavy atom. The predicted molar refractivity (Wildman–Crippen MR) is 60.2 cm³/mol. The third kappa shape index (κ3) is 7.86. The zero-order valence-corrected chi connectivity index (χ0v) is 9.82. The van der Waals surface area contributed by atoms with Crippen molar-refractivity contribution in [2.45, 2.75) is 27.2 Å². The van der Waals surface area contributed by atoms with E-state index in [0.29, 0.717) is 19.0 Å². The molecule has 0 spiro atoms. The minimum atomic E-state index is -0.226. The topological polar surface area (TPSA) is 50.7 Å². The Kier molecular flexibility index (Phi) is 11.6. The standard InChI is InChI=1S/C9H18N2O2.ClH/c1-4-10-8(11-5-2)7-9(12)13-6-3;/h4-7H2,1-3H3,(H,10,11);1H. The first-order valence-corrected chi connectivity index (χ1v) is 4.67. The summed E-state index contributed by atoms with van der Waals surface area (Å²) >= 11 is 0. The number of nitrogens with one attached hydrogen (secondary N) is 1. The molecule has 0 radical (unpaired) electrons. The number of amidine groups is 1. The van der Waals surface area contributed by atoms with Crippen LogP contribution in [0.25, 0.3) is 0 Å². The maximum Gasteiger partial charge on any atom is 0.313 e. The van der Waals surface area contributed by atoms with Gasteiger partial charge in [-0.2, -0.15) is 0 Å². The molecule has 0 aromatic rings. The van der Waals surface area contributed by atoms with Gasteiger partial charge in [0, 0.05) is 13.1 Å². The molecular formula is C9H19ClN2O2. The minimum absolute atomic E-state index is 0. The van der Waals surface area contributed by atoms with Gasteiger partial charge in [0.15, 0.2) is 0 Å². The van der Waals surface area contributed by atoms with E-state index in [9.17, 15) is 4.79 Å². The van der Waals surface area contributed by atoms with Gasteiger partial charge in [-0.3, -0.25) is 9.79 Å². The van der Waals surface area contributed by atoms with Crippen molar-refractivity contribution in [3.8, 4) is 0 Å². The van der Waals surface area contributed by atoms with Crippen LogP contribution in [0.4, 0.5) is 0 Å². The highest BCUT2D eigenvalue weighted by molar-refractivity contribution is 5.97. The van der Waals surface area contributed by atoms with E-state index < -0.39 is 0 Å². The van der Waals surface area contributed by atoms with Crippen molar-refractivity contribution in [2.75, 3.05) is 19.7 Å². The first-order chi connectivity index (χ1) is 6.24. The molecule has 0 saturated heterocycles. The van der Waals surface area contributed by atoms with E-state index in [-0.39, 0.29) is 24.8 Å². The van der Waals surface area contributed by atoms with Gasteiger partial charge in [0.05, 0.1) is 6.61 Å². The molecule has 0 aliphatic heterocycles. The van der Waals surface area contributed by atoms with E-state index >= 15 is 0 Å². The highest BCUT2D eigenvalue weighted by atomic mass is 35.5. The van der Waals surface area contributed by atoms with Gasteiger partial charge in [0.2, 0.25) is 0 Å². The summed E-state index contributed by atoms with van der Waals surface area (Å²) in [6.07, 6.45) is 0.246. The summed E-state index contributed by atoms with van der Waals surface area (Å²) in [7, 11) is 0. The average molecular weight is 223 g/mol. The molecule has 5 heteroatoms. The van der Waals surface area contributed by atoms with Crippen molar-refractivity contribution in [3.63, 3.8) is 0 Å². The fourth-order valence-corrected chi connectivity index (χ4v) is 0.918. The van der Waals surface area contributed by atoms with Gasteiger partial charge < -0.3 is 10.1 Å². The zero-order chi connectivity index (χ0) is 10.1. The van der Waals surface area contributed by atoms with Crippen LogP contribution < -0.4 is 5.32 Å². The lowest BCUT2D eigenvalue weighted by molar-refractivity contribution is -0.141. The minimum Gasteiger partial charge on any atom is -0.466 e. The number of carbonyl (C=O) groups excluding carboxylic acids is 1. The molecule has 4 nitrogen and oxygen atoms in total. The third-order valence-electron chi connectivity index (χ3n) is 1.35. The number of hydrogen-bond acceptors (Lipinski definition) is 3. The van der Waals surface area contributed by atoms with Crippen LogP contribution in [0.3, 0.4) is 0 Å². The van der Waals surface area contributed by atoms with Crippen LogP contribution in [-0.4, -0.2) is 31.5 Å². The molecule has 0 amide bonds. The van der Waals surface area contributed by atoms with Crippen molar-refractivity contribution >= 4 is 24.2 Å². The van der Waals surface area contributed by atoms with E-state index in [1.165, 1.54) is 0 Å². The van der Waals surface area contributed by atoms with Crippen LogP contribution in [0.2, 0.25) is 0 Å². The number of halogens is 1. The second-order valence-corrected chi connectivity index (χ2v) is 2.43. The number of rotatable bonds is 5. The second kappa shape index (κ2) is 10.3. The first-order valence-electron chi connectivity index (χ1n) is 4.67. The summed E-state index contributed by atoms with van der Waals surface area (Å²) in [5, 5.41) is 3.02. The molecule has 0 rings (SSSR count). The molecule has 0 aromatic carbocycles. The fourth-order valence-electron chi connectivity index (χ4n) is 0.918. The summed E-state index contributed by atoms with van der Waals surface area (Å²) in [4.78, 5) is 15.2. The average Bonchev–Trinajstić information content (AvgIpc) is 2.05. The summed E-state index contributed by atoms with van der Waals surface area (Å²) in [5.41, 5.74) is 0. The Bertz CT molecular complexity index is 184. The molecule has 14 heavy (non-hydrogen) atoms. The van der Waals surface area contributed by atoms with Gasteiger partial charge in [0.1, 0.15) is 12.3 Å². The molecule has 1 N–H and O–H groups in total. The summed E-state index contributed by atoms with van der Waals surface area (Å²) in [5.74, 6) is 0.485. The lowest BCUT2D eigenvalue weighted by atomic mass is 10.4. The van der Waals surface area contributed by atoms with Crippen molar-refractivity contribution in [1.82, 2.24) is 5.32 Å². The van der Waals surface area contributed by atoms with E-state index in [4.69, 9.17) is 4.74 Å². The number of esters is 1. The summed E-state index contributed by atoms with van der Waals surface area (Å²) < 4.78 is 4.81. The molecular weight excluding hydrogens is 204 g/mol. The van der Waals surface area contributed by atoms with Gasteiger partial charge in [-0.05, 0) is 20.8 Å². The van der Waals surface area contributed by atoms with E-state index in [0.717, 1.165) is 6.54 Å². The number of ether oxygens (including phenoxy) is 1. The quantitative estimate of drug-likeness (QED) is 0.435. The first kappa shape index (κ1) is 15.7. The highest BCUT2D eigenvalue weighted by Crippen LogP contribution is 1.89. The molecule has 0 fully saturated rings. The normalized spacial score (nSPS) is 10.4. The Morgan fingerprint density at radius 2 is 2.00 bits per heavy atom. The van der Waals surface area contributed by atoms with Crippen molar-refractivity contribution in [1.29, 1.82) is 0 Å². The van der Waals surface area contributed by atoms with Crippen LogP contribution in [0, 0.1) is 0 Å². The van der Waals surface area contributed by atoms with Gasteiger partial charge in [0.25, 0.3) is 0 Å². The Hall–Kier alpha value is -0.770. The molecule has 0 atom stereocenters. The predicted octanol–water partition coefficient (Wildman–Crippen LogP) is 1.39. The molecule has 0 unspecified atom stereocenters. The van der Waals surface area contributed by atoms with Crippen LogP contribution in [-0.2, 0) is 9.53 Å². The lowest BCUT2D eigenvalue weighted by Gasteiger charge is -2.06. The number of hydrogen-bond donors (Lipinski definition) is 1. The molecule has 0 aromatic heterocycles. The van der Waals surface area contributed by atoms with Crippen LogP contribution >= 0.6 is 12.4 Å². The lowest BCUT2D eigenvalue weighted by Crippen LogP contribution is -2.26. The molecule has 0 saturated carbocycles. The van der Waals surface area contributed by atoms with Crippen LogP contribution in [0.15, 0.2) is 4.99 Å². The fraction of sp³-hybridized carbons (Fsp3) is 0.778. The number of nitrogens with zero attached hydrogens (tertiary/aromatic N) is 1. The van der Waals surface area contributed by atoms with Gasteiger partial charge in [-0.15, -0.1) is 12.4 Å². The van der Waals surface area contributed by atoms with Gasteiger partial charge in [-0.1, -0.05) is 0 Å². The van der Waals surface area contributed by atoms with Crippen LogP contribution in [0.5, 0.6) is 0 Å². The molecule has 0 aliphatic rings. The molecule has 0 bridgehead atoms. The monoisotopic (exact) mass is 222 g/mol. The molecule has 0 aliphatic carbocycles. The Morgan fingerprint density at radius 1 is 1.36 bits per heavy atom. The zero-order valence-electron chi connectivity index (χ0n) is 9.00. The van der Waals surface area contributed by atoms with Gasteiger partial charge >= 0.3 is 5.97 Å². The summed E-state index contributed by atoms with van der Waals surface area (Å²) in [6.45, 7) is 7.57. The largest absolute Gasteiger partial charge is 0.466 e. The molecule has 0 heterocycles. The van der Waals surface area contributed by atoms with Gasteiger partial charge in [-0.25, -0.2) is 0 Å². The Balaban J connectivity index is 0. The van der Waals surface area contributed by atoms with Crippen molar-refractivity contribution in [2.24, 2.45) is 4.99 Å².